The summed E-state index contributed by atoms with van der Waals surface area (Å²) in [6.07, 6.45) is 0. The summed E-state index contributed by atoms with van der Waals surface area (Å²) in [5.74, 6) is 3.29. The largest absolute Gasteiger partial charge is 0.492 e. The van der Waals surface area contributed by atoms with Gasteiger partial charge in [-0.15, -0.1) is 10.2 Å². The van der Waals surface area contributed by atoms with Crippen LogP contribution in [0.25, 0.3) is 27.8 Å². The Morgan fingerprint density at radius 2 is 1.62 bits per heavy atom. The van der Waals surface area contributed by atoms with Crippen LogP contribution >= 0.6 is 11.8 Å². The van der Waals surface area contributed by atoms with Gasteiger partial charge in [0.25, 0.3) is 0 Å². The molecule has 0 amide bonds. The van der Waals surface area contributed by atoms with E-state index >= 15 is 0 Å². The third kappa shape index (κ3) is 3.38. The number of nitrogens with one attached hydrogen (secondary N) is 1. The lowest BCUT2D eigenvalue weighted by Gasteiger charge is -2.07. The van der Waals surface area contributed by atoms with E-state index in [1.54, 1.807) is 11.8 Å². The molecule has 0 fully saturated rings. The minimum Gasteiger partial charge on any atom is -0.492 e. The van der Waals surface area contributed by atoms with Gasteiger partial charge in [0.1, 0.15) is 18.2 Å². The molecule has 1 N–H and O–H groups in total. The second-order valence-corrected chi connectivity index (χ2v) is 8.35. The number of fused-ring (bicyclic) bond motifs is 4. The maximum absolute atomic E-state index is 5.92. The quantitative estimate of drug-likeness (QED) is 0.356. The lowest BCUT2D eigenvalue weighted by atomic mass is 10.3. The lowest BCUT2D eigenvalue weighted by Crippen LogP contribution is -2.08. The van der Waals surface area contributed by atoms with Gasteiger partial charge >= 0.3 is 0 Å². The molecule has 0 radical (unpaired) electrons. The van der Waals surface area contributed by atoms with Crippen molar-refractivity contribution >= 4 is 39.6 Å². The normalized spacial score (nSPS) is 11.6. The molecule has 3 aromatic heterocycles. The molecule has 7 nitrogen and oxygen atoms in total. The van der Waals surface area contributed by atoms with Crippen molar-refractivity contribution in [3.8, 4) is 5.75 Å². The number of hydrogen-bond donors (Lipinski definition) is 1. The summed E-state index contributed by atoms with van der Waals surface area (Å²) in [4.78, 5) is 8.05. The summed E-state index contributed by atoms with van der Waals surface area (Å²) in [6, 6.07) is 26.2. The first-order valence-corrected chi connectivity index (χ1v) is 11.4. The Morgan fingerprint density at radius 3 is 2.50 bits per heavy atom. The monoisotopic (exact) mass is 440 g/mol. The second-order valence-electron chi connectivity index (χ2n) is 7.41. The van der Waals surface area contributed by atoms with E-state index in [0.717, 1.165) is 44.6 Å². The van der Waals surface area contributed by atoms with E-state index in [9.17, 15) is 0 Å². The van der Waals surface area contributed by atoms with Crippen LogP contribution < -0.4 is 4.74 Å². The number of hydrogen-bond acceptors (Lipinski definition) is 5. The standard InChI is InChI=1S/C24H20N6OS/c1-2-8-17(9-3-1)31-15-14-29-20-12-6-7-13-21(20)30-23(29)27-28-24(30)32-16-22-25-18-10-4-5-11-19(18)26-22/h1-13H,14-16H2,(H,25,26). The highest BCUT2D eigenvalue weighted by atomic mass is 32.2. The topological polar surface area (TPSA) is 73.0 Å². The molecule has 0 saturated heterocycles. The molecule has 0 bridgehead atoms. The Morgan fingerprint density at radius 1 is 0.844 bits per heavy atom. The van der Waals surface area contributed by atoms with Crippen LogP contribution in [0.1, 0.15) is 5.82 Å². The summed E-state index contributed by atoms with van der Waals surface area (Å²) < 4.78 is 10.2. The minimum absolute atomic E-state index is 0.548. The number of para-hydroxylation sites is 5. The number of aromatic nitrogens is 6. The highest BCUT2D eigenvalue weighted by Crippen LogP contribution is 2.28. The molecule has 8 heteroatoms. The summed E-state index contributed by atoms with van der Waals surface area (Å²) in [5.41, 5.74) is 4.22. The SMILES string of the molecule is c1ccc(OCCn2c3ccccc3n3c(SCc4nc5ccccc5[nH]4)nnc23)cc1. The third-order valence-electron chi connectivity index (χ3n) is 5.37. The molecule has 6 rings (SSSR count). The zero-order valence-electron chi connectivity index (χ0n) is 17.2. The van der Waals surface area contributed by atoms with Gasteiger partial charge in [0, 0.05) is 0 Å². The smallest absolute Gasteiger partial charge is 0.237 e. The van der Waals surface area contributed by atoms with E-state index in [1.165, 1.54) is 0 Å². The number of rotatable bonds is 7. The van der Waals surface area contributed by atoms with Crippen LogP contribution in [-0.2, 0) is 12.3 Å². The van der Waals surface area contributed by atoms with Gasteiger partial charge in [-0.05, 0) is 36.4 Å². The molecule has 0 aliphatic carbocycles. The Kier molecular flexibility index (Phi) is 4.77. The first kappa shape index (κ1) is 18.9. The van der Waals surface area contributed by atoms with Crippen LogP contribution in [-0.4, -0.2) is 35.7 Å². The predicted octanol–water partition coefficient (Wildman–Crippen LogP) is 4.93. The van der Waals surface area contributed by atoms with E-state index in [4.69, 9.17) is 4.74 Å². The average molecular weight is 441 g/mol. The molecule has 0 saturated carbocycles. The van der Waals surface area contributed by atoms with Gasteiger partial charge in [-0.3, -0.25) is 4.40 Å². The summed E-state index contributed by atoms with van der Waals surface area (Å²) >= 11 is 1.62. The van der Waals surface area contributed by atoms with Crippen molar-refractivity contribution in [2.75, 3.05) is 6.61 Å². The number of nitrogens with zero attached hydrogens (tertiary/aromatic N) is 5. The highest BCUT2D eigenvalue weighted by Gasteiger charge is 2.17. The van der Waals surface area contributed by atoms with Crippen LogP contribution in [0.4, 0.5) is 0 Å². The van der Waals surface area contributed by atoms with Gasteiger partial charge in [-0.1, -0.05) is 54.2 Å². The molecule has 0 aliphatic heterocycles. The van der Waals surface area contributed by atoms with Gasteiger partial charge in [-0.25, -0.2) is 4.98 Å². The van der Waals surface area contributed by atoms with Crippen molar-refractivity contribution in [1.29, 1.82) is 0 Å². The number of imidazole rings is 2. The Bertz CT molecular complexity index is 1480. The molecule has 158 valence electrons. The van der Waals surface area contributed by atoms with Crippen LogP contribution in [0, 0.1) is 0 Å². The molecule has 6 aromatic rings. The van der Waals surface area contributed by atoms with E-state index < -0.39 is 0 Å². The zero-order valence-corrected chi connectivity index (χ0v) is 18.0. The fraction of sp³-hybridized carbons (Fsp3) is 0.125. The molecular weight excluding hydrogens is 420 g/mol. The van der Waals surface area contributed by atoms with E-state index in [1.807, 2.05) is 66.7 Å². The maximum atomic E-state index is 5.92. The van der Waals surface area contributed by atoms with Crippen LogP contribution in [0.15, 0.2) is 84.0 Å². The highest BCUT2D eigenvalue weighted by molar-refractivity contribution is 7.98. The van der Waals surface area contributed by atoms with Gasteiger partial charge in [0.05, 0.1) is 34.4 Å². The number of thioether (sulfide) groups is 1. The lowest BCUT2D eigenvalue weighted by molar-refractivity contribution is 0.301. The number of H-pyrrole nitrogens is 1. The maximum Gasteiger partial charge on any atom is 0.237 e. The van der Waals surface area contributed by atoms with Crippen LogP contribution in [0.3, 0.4) is 0 Å². The van der Waals surface area contributed by atoms with Crippen molar-refractivity contribution in [1.82, 2.24) is 29.1 Å². The van der Waals surface area contributed by atoms with Crippen LogP contribution in [0.5, 0.6) is 5.75 Å². The third-order valence-corrected chi connectivity index (χ3v) is 6.31. The number of ether oxygens (including phenoxy) is 1. The Hall–Kier alpha value is -3.78. The van der Waals surface area contributed by atoms with Crippen molar-refractivity contribution in [2.24, 2.45) is 0 Å². The van der Waals surface area contributed by atoms with Crippen molar-refractivity contribution in [3.63, 3.8) is 0 Å². The molecule has 0 aliphatic rings. The zero-order chi connectivity index (χ0) is 21.3. The average Bonchev–Trinajstić information content (AvgIpc) is 3.52. The van der Waals surface area contributed by atoms with Crippen molar-refractivity contribution < 1.29 is 4.74 Å². The van der Waals surface area contributed by atoms with Gasteiger partial charge < -0.3 is 14.3 Å². The molecular formula is C24H20N6OS. The van der Waals surface area contributed by atoms with Gasteiger partial charge in [-0.2, -0.15) is 0 Å². The fourth-order valence-electron chi connectivity index (χ4n) is 3.93. The molecule has 0 unspecified atom stereocenters. The molecule has 3 heterocycles. The molecule has 3 aromatic carbocycles. The van der Waals surface area contributed by atoms with Crippen LogP contribution in [0.2, 0.25) is 0 Å². The molecule has 0 atom stereocenters. The van der Waals surface area contributed by atoms with Crippen molar-refractivity contribution in [2.45, 2.75) is 17.5 Å². The number of aromatic amines is 1. The Labute approximate surface area is 188 Å². The second kappa shape index (κ2) is 8.05. The number of benzene rings is 3. The molecule has 32 heavy (non-hydrogen) atoms. The first-order valence-electron chi connectivity index (χ1n) is 10.4. The summed E-state index contributed by atoms with van der Waals surface area (Å²) in [7, 11) is 0. The predicted molar refractivity (Wildman–Crippen MR) is 126 cm³/mol. The van der Waals surface area contributed by atoms with Gasteiger partial charge in [0.2, 0.25) is 5.78 Å². The van der Waals surface area contributed by atoms with E-state index in [0.29, 0.717) is 18.9 Å². The summed E-state index contributed by atoms with van der Waals surface area (Å²) in [5, 5.41) is 9.83. The van der Waals surface area contributed by atoms with E-state index in [2.05, 4.69) is 41.3 Å². The minimum atomic E-state index is 0.548. The summed E-state index contributed by atoms with van der Waals surface area (Å²) in [6.45, 7) is 1.23. The fourth-order valence-corrected chi connectivity index (χ4v) is 4.74. The molecule has 0 spiro atoms. The van der Waals surface area contributed by atoms with E-state index in [-0.39, 0.29) is 0 Å². The first-order chi connectivity index (χ1) is 15.9. The Balaban J connectivity index is 1.28. The van der Waals surface area contributed by atoms with Gasteiger partial charge in [0.15, 0.2) is 5.16 Å². The van der Waals surface area contributed by atoms with Crippen molar-refractivity contribution in [3.05, 3.63) is 84.7 Å².